The molecule has 0 spiro atoms. The molecule has 1 aromatic rings. The molecule has 0 aromatic heterocycles. The van der Waals surface area contributed by atoms with Gasteiger partial charge in [-0.1, -0.05) is 0 Å². The van der Waals surface area contributed by atoms with Crippen molar-refractivity contribution in [2.45, 2.75) is 13.8 Å². The number of carboxylic acid groups (broad SMARTS) is 1. The van der Waals surface area contributed by atoms with Crippen molar-refractivity contribution in [3.8, 4) is 11.5 Å². The number of carbonyl (C=O) groups is 2. The van der Waals surface area contributed by atoms with Crippen LogP contribution in [0.15, 0.2) is 24.3 Å². The van der Waals surface area contributed by atoms with E-state index in [1.807, 2.05) is 0 Å². The first-order valence-electron chi connectivity index (χ1n) is 6.12. The standard InChI is InChI=1S/C14H19NO5/c1-14(2,13(17)18)9-15-12(16)8-20-11-6-4-10(19-3)5-7-11/h4-7H,8-9H2,1-3H3,(H,15,16)(H,17,18). The molecule has 0 fully saturated rings. The zero-order valence-corrected chi connectivity index (χ0v) is 11.8. The number of methoxy groups -OCH3 is 1. The van der Waals surface area contributed by atoms with Gasteiger partial charge in [0.15, 0.2) is 6.61 Å². The summed E-state index contributed by atoms with van der Waals surface area (Å²) in [6.07, 6.45) is 0. The molecule has 0 saturated heterocycles. The molecule has 1 aromatic carbocycles. The van der Waals surface area contributed by atoms with Crippen molar-refractivity contribution in [3.05, 3.63) is 24.3 Å². The molecule has 0 unspecified atom stereocenters. The van der Waals surface area contributed by atoms with Crippen molar-refractivity contribution >= 4 is 11.9 Å². The van der Waals surface area contributed by atoms with Gasteiger partial charge in [0.1, 0.15) is 11.5 Å². The van der Waals surface area contributed by atoms with E-state index in [1.54, 1.807) is 45.2 Å². The van der Waals surface area contributed by atoms with E-state index in [9.17, 15) is 9.59 Å². The monoisotopic (exact) mass is 281 g/mol. The van der Waals surface area contributed by atoms with Crippen LogP contribution in [0.1, 0.15) is 13.8 Å². The first-order valence-corrected chi connectivity index (χ1v) is 6.12. The summed E-state index contributed by atoms with van der Waals surface area (Å²) in [6, 6.07) is 6.82. The summed E-state index contributed by atoms with van der Waals surface area (Å²) in [4.78, 5) is 22.4. The van der Waals surface area contributed by atoms with Gasteiger partial charge >= 0.3 is 5.97 Å². The fraction of sp³-hybridized carbons (Fsp3) is 0.429. The lowest BCUT2D eigenvalue weighted by Gasteiger charge is -2.19. The van der Waals surface area contributed by atoms with Gasteiger partial charge in [-0.05, 0) is 38.1 Å². The number of rotatable bonds is 7. The number of aliphatic carboxylic acids is 1. The second-order valence-corrected chi connectivity index (χ2v) is 4.93. The van der Waals surface area contributed by atoms with Crippen molar-refractivity contribution in [1.29, 1.82) is 0 Å². The highest BCUT2D eigenvalue weighted by Crippen LogP contribution is 2.17. The van der Waals surface area contributed by atoms with Crippen LogP contribution in [-0.2, 0) is 9.59 Å². The second kappa shape index (κ2) is 6.79. The fourth-order valence-electron chi connectivity index (χ4n) is 1.27. The largest absolute Gasteiger partial charge is 0.497 e. The van der Waals surface area contributed by atoms with Gasteiger partial charge in [-0.3, -0.25) is 9.59 Å². The first kappa shape index (κ1) is 15.8. The molecule has 1 rings (SSSR count). The van der Waals surface area contributed by atoms with Gasteiger partial charge in [0.05, 0.1) is 12.5 Å². The summed E-state index contributed by atoms with van der Waals surface area (Å²) >= 11 is 0. The summed E-state index contributed by atoms with van der Waals surface area (Å²) in [6.45, 7) is 2.97. The molecule has 2 N–H and O–H groups in total. The summed E-state index contributed by atoms with van der Waals surface area (Å²) < 4.78 is 10.3. The van der Waals surface area contributed by atoms with Crippen LogP contribution >= 0.6 is 0 Å². The van der Waals surface area contributed by atoms with Gasteiger partial charge in [-0.2, -0.15) is 0 Å². The van der Waals surface area contributed by atoms with E-state index in [2.05, 4.69) is 5.32 Å². The number of hydrogen-bond donors (Lipinski definition) is 2. The van der Waals surface area contributed by atoms with Crippen molar-refractivity contribution in [2.75, 3.05) is 20.3 Å². The van der Waals surface area contributed by atoms with Crippen molar-refractivity contribution in [1.82, 2.24) is 5.32 Å². The summed E-state index contributed by atoms with van der Waals surface area (Å²) in [5.74, 6) is -0.0903. The first-order chi connectivity index (χ1) is 9.35. The molecule has 1 amide bonds. The van der Waals surface area contributed by atoms with E-state index in [0.717, 1.165) is 0 Å². The van der Waals surface area contributed by atoms with Crippen LogP contribution in [0, 0.1) is 5.41 Å². The predicted molar refractivity (Wildman–Crippen MR) is 72.9 cm³/mol. The second-order valence-electron chi connectivity index (χ2n) is 4.93. The minimum Gasteiger partial charge on any atom is -0.497 e. The number of amides is 1. The van der Waals surface area contributed by atoms with Crippen LogP contribution in [0.2, 0.25) is 0 Å². The lowest BCUT2D eigenvalue weighted by molar-refractivity contribution is -0.146. The SMILES string of the molecule is COc1ccc(OCC(=O)NCC(C)(C)C(=O)O)cc1. The molecule has 20 heavy (non-hydrogen) atoms. The van der Waals surface area contributed by atoms with E-state index < -0.39 is 11.4 Å². The number of carboxylic acids is 1. The van der Waals surface area contributed by atoms with E-state index >= 15 is 0 Å². The topological polar surface area (TPSA) is 84.9 Å². The van der Waals surface area contributed by atoms with Crippen LogP contribution in [0.3, 0.4) is 0 Å². The Labute approximate surface area is 117 Å². The smallest absolute Gasteiger partial charge is 0.310 e. The Hall–Kier alpha value is -2.24. The van der Waals surface area contributed by atoms with Crippen molar-refractivity contribution in [3.63, 3.8) is 0 Å². The highest BCUT2D eigenvalue weighted by atomic mass is 16.5. The van der Waals surface area contributed by atoms with Crippen LogP contribution in [-0.4, -0.2) is 37.2 Å². The molecule has 0 heterocycles. The lowest BCUT2D eigenvalue weighted by Crippen LogP contribution is -2.40. The Kier molecular flexibility index (Phi) is 5.37. The molecular formula is C14H19NO5. The zero-order chi connectivity index (χ0) is 15.2. The number of hydrogen-bond acceptors (Lipinski definition) is 4. The fourth-order valence-corrected chi connectivity index (χ4v) is 1.27. The maximum absolute atomic E-state index is 11.6. The minimum atomic E-state index is -1.00. The van der Waals surface area contributed by atoms with E-state index in [-0.39, 0.29) is 19.1 Å². The molecule has 0 bridgehead atoms. The maximum atomic E-state index is 11.6. The normalized spacial score (nSPS) is 10.8. The van der Waals surface area contributed by atoms with Gasteiger partial charge in [-0.15, -0.1) is 0 Å². The molecule has 0 radical (unpaired) electrons. The molecule has 110 valence electrons. The van der Waals surface area contributed by atoms with E-state index in [1.165, 1.54) is 0 Å². The zero-order valence-electron chi connectivity index (χ0n) is 11.8. The molecular weight excluding hydrogens is 262 g/mol. The molecule has 0 aliphatic heterocycles. The molecule has 6 heteroatoms. The Morgan fingerprint density at radius 2 is 1.75 bits per heavy atom. The Morgan fingerprint density at radius 1 is 1.20 bits per heavy atom. The number of nitrogens with one attached hydrogen (secondary N) is 1. The molecule has 0 aliphatic carbocycles. The lowest BCUT2D eigenvalue weighted by atomic mass is 9.94. The third-order valence-corrected chi connectivity index (χ3v) is 2.74. The van der Waals surface area contributed by atoms with Gasteiger partial charge in [0.25, 0.3) is 5.91 Å². The highest BCUT2D eigenvalue weighted by Gasteiger charge is 2.27. The maximum Gasteiger partial charge on any atom is 0.310 e. The average Bonchev–Trinajstić information content (AvgIpc) is 2.43. The Balaban J connectivity index is 2.38. The van der Waals surface area contributed by atoms with Gasteiger partial charge < -0.3 is 19.9 Å². The third kappa shape index (κ3) is 4.79. The van der Waals surface area contributed by atoms with Crippen LogP contribution < -0.4 is 14.8 Å². The number of benzene rings is 1. The summed E-state index contributed by atoms with van der Waals surface area (Å²) in [5, 5.41) is 11.4. The molecule has 0 atom stereocenters. The van der Waals surface area contributed by atoms with Crippen LogP contribution in [0.5, 0.6) is 11.5 Å². The quantitative estimate of drug-likeness (QED) is 0.787. The Bertz CT molecular complexity index is 467. The minimum absolute atomic E-state index is 0.0487. The number of carbonyl (C=O) groups excluding carboxylic acids is 1. The molecule has 0 saturated carbocycles. The van der Waals surface area contributed by atoms with E-state index in [0.29, 0.717) is 11.5 Å². The highest BCUT2D eigenvalue weighted by molar-refractivity contribution is 5.79. The Morgan fingerprint density at radius 3 is 2.25 bits per heavy atom. The summed E-state index contributed by atoms with van der Waals surface area (Å²) in [7, 11) is 1.56. The van der Waals surface area contributed by atoms with Gasteiger partial charge in [-0.25, -0.2) is 0 Å². The van der Waals surface area contributed by atoms with Crippen LogP contribution in [0.4, 0.5) is 0 Å². The number of ether oxygens (including phenoxy) is 2. The predicted octanol–water partition coefficient (Wildman–Crippen LogP) is 1.30. The van der Waals surface area contributed by atoms with Crippen molar-refractivity contribution in [2.24, 2.45) is 5.41 Å². The van der Waals surface area contributed by atoms with Gasteiger partial charge in [0.2, 0.25) is 0 Å². The molecule has 6 nitrogen and oxygen atoms in total. The van der Waals surface area contributed by atoms with Crippen molar-refractivity contribution < 1.29 is 24.2 Å². The average molecular weight is 281 g/mol. The van der Waals surface area contributed by atoms with E-state index in [4.69, 9.17) is 14.6 Å². The summed E-state index contributed by atoms with van der Waals surface area (Å²) in [5.41, 5.74) is -1.00. The molecule has 0 aliphatic rings. The van der Waals surface area contributed by atoms with Crippen LogP contribution in [0.25, 0.3) is 0 Å². The van der Waals surface area contributed by atoms with Gasteiger partial charge in [0, 0.05) is 6.54 Å². The third-order valence-electron chi connectivity index (χ3n) is 2.74.